The monoisotopic (exact) mass is 346 g/mol. The summed E-state index contributed by atoms with van der Waals surface area (Å²) in [5.74, 6) is -0.211. The van der Waals surface area contributed by atoms with Crippen molar-refractivity contribution in [1.82, 2.24) is 15.2 Å². The summed E-state index contributed by atoms with van der Waals surface area (Å²) in [6, 6.07) is 5.40. The van der Waals surface area contributed by atoms with E-state index in [9.17, 15) is 9.59 Å². The molecule has 136 valence electrons. The van der Waals surface area contributed by atoms with Crippen molar-refractivity contribution in [2.45, 2.75) is 38.1 Å². The number of carboxylic acid groups (broad SMARTS) is 1. The SMILES string of the molecule is O=C(CN1CCN(c2cccc(C(=O)O)n2)CC1)NC1CCCCC1. The number of anilines is 1. The second-order valence-electron chi connectivity index (χ2n) is 6.85. The molecule has 2 aliphatic rings. The summed E-state index contributed by atoms with van der Waals surface area (Å²) in [6.07, 6.45) is 5.92. The summed E-state index contributed by atoms with van der Waals surface area (Å²) in [4.78, 5) is 31.7. The van der Waals surface area contributed by atoms with Gasteiger partial charge in [0.25, 0.3) is 0 Å². The zero-order valence-electron chi connectivity index (χ0n) is 14.5. The van der Waals surface area contributed by atoms with Gasteiger partial charge in [-0.1, -0.05) is 25.3 Å². The third kappa shape index (κ3) is 4.92. The maximum atomic E-state index is 12.2. The van der Waals surface area contributed by atoms with Gasteiger partial charge in [-0.25, -0.2) is 9.78 Å². The minimum atomic E-state index is -1.01. The lowest BCUT2D eigenvalue weighted by Gasteiger charge is -2.35. The molecule has 1 saturated heterocycles. The normalized spacial score (nSPS) is 19.6. The highest BCUT2D eigenvalue weighted by Gasteiger charge is 2.22. The number of hydrogen-bond acceptors (Lipinski definition) is 5. The number of carbonyl (C=O) groups excluding carboxylic acids is 1. The van der Waals surface area contributed by atoms with Crippen LogP contribution in [0, 0.1) is 0 Å². The number of piperazine rings is 1. The fourth-order valence-corrected chi connectivity index (χ4v) is 3.58. The van der Waals surface area contributed by atoms with Gasteiger partial charge in [0, 0.05) is 32.2 Å². The fourth-order valence-electron chi connectivity index (χ4n) is 3.58. The molecule has 1 amide bonds. The topological polar surface area (TPSA) is 85.8 Å². The fraction of sp³-hybridized carbons (Fsp3) is 0.611. The summed E-state index contributed by atoms with van der Waals surface area (Å²) >= 11 is 0. The van der Waals surface area contributed by atoms with E-state index >= 15 is 0 Å². The Hall–Kier alpha value is -2.15. The van der Waals surface area contributed by atoms with Crippen molar-refractivity contribution in [1.29, 1.82) is 0 Å². The van der Waals surface area contributed by atoms with Gasteiger partial charge in [0.15, 0.2) is 5.69 Å². The summed E-state index contributed by atoms with van der Waals surface area (Å²) < 4.78 is 0. The molecule has 0 atom stereocenters. The predicted octanol–water partition coefficient (Wildman–Crippen LogP) is 1.35. The van der Waals surface area contributed by atoms with Crippen molar-refractivity contribution < 1.29 is 14.7 Å². The number of amides is 1. The number of hydrogen-bond donors (Lipinski definition) is 2. The largest absolute Gasteiger partial charge is 0.477 e. The minimum absolute atomic E-state index is 0.0618. The van der Waals surface area contributed by atoms with E-state index < -0.39 is 5.97 Å². The molecule has 7 nitrogen and oxygen atoms in total. The van der Waals surface area contributed by atoms with Crippen LogP contribution in [0.15, 0.2) is 18.2 Å². The number of carboxylic acids is 1. The molecule has 2 fully saturated rings. The number of pyridine rings is 1. The van der Waals surface area contributed by atoms with Crippen LogP contribution in [0.2, 0.25) is 0 Å². The third-order valence-corrected chi connectivity index (χ3v) is 4.99. The maximum absolute atomic E-state index is 12.2. The number of rotatable bonds is 5. The first-order chi connectivity index (χ1) is 12.1. The number of nitrogens with one attached hydrogen (secondary N) is 1. The minimum Gasteiger partial charge on any atom is -0.477 e. The summed E-state index contributed by atoms with van der Waals surface area (Å²) in [5.41, 5.74) is 0.0618. The van der Waals surface area contributed by atoms with Gasteiger partial charge in [0.05, 0.1) is 6.54 Å². The average Bonchev–Trinajstić information content (AvgIpc) is 2.63. The lowest BCUT2D eigenvalue weighted by Crippen LogP contribution is -2.51. The first kappa shape index (κ1) is 17.7. The zero-order chi connectivity index (χ0) is 17.6. The molecular formula is C18H26N4O3. The Morgan fingerprint density at radius 3 is 2.52 bits per heavy atom. The zero-order valence-corrected chi connectivity index (χ0v) is 14.5. The number of nitrogens with zero attached hydrogens (tertiary/aromatic N) is 3. The van der Waals surface area contributed by atoms with E-state index in [1.165, 1.54) is 25.3 Å². The van der Waals surface area contributed by atoms with Crippen LogP contribution in [0.5, 0.6) is 0 Å². The summed E-state index contributed by atoms with van der Waals surface area (Å²) in [7, 11) is 0. The molecule has 3 rings (SSSR count). The molecule has 0 aromatic carbocycles. The molecule has 0 radical (unpaired) electrons. The molecule has 1 aromatic heterocycles. The molecule has 2 N–H and O–H groups in total. The van der Waals surface area contributed by atoms with E-state index in [2.05, 4.69) is 20.1 Å². The third-order valence-electron chi connectivity index (χ3n) is 4.99. The van der Waals surface area contributed by atoms with E-state index in [0.29, 0.717) is 18.4 Å². The number of aromatic nitrogens is 1. The Kier molecular flexibility index (Phi) is 5.86. The van der Waals surface area contributed by atoms with Gasteiger partial charge >= 0.3 is 5.97 Å². The number of aromatic carboxylic acids is 1. The van der Waals surface area contributed by atoms with Crippen LogP contribution in [0.1, 0.15) is 42.6 Å². The van der Waals surface area contributed by atoms with Crippen molar-refractivity contribution in [2.75, 3.05) is 37.6 Å². The van der Waals surface area contributed by atoms with Gasteiger partial charge < -0.3 is 15.3 Å². The van der Waals surface area contributed by atoms with E-state index in [1.54, 1.807) is 6.07 Å². The average molecular weight is 346 g/mol. The smallest absolute Gasteiger partial charge is 0.354 e. The van der Waals surface area contributed by atoms with Crippen molar-refractivity contribution in [3.63, 3.8) is 0 Å². The quantitative estimate of drug-likeness (QED) is 0.837. The van der Waals surface area contributed by atoms with Crippen LogP contribution in [-0.4, -0.2) is 65.6 Å². The molecule has 0 spiro atoms. The van der Waals surface area contributed by atoms with Crippen LogP contribution in [-0.2, 0) is 4.79 Å². The Balaban J connectivity index is 1.46. The predicted molar refractivity (Wildman–Crippen MR) is 94.9 cm³/mol. The van der Waals surface area contributed by atoms with Crippen LogP contribution in [0.3, 0.4) is 0 Å². The second kappa shape index (κ2) is 8.29. The Bertz CT molecular complexity index is 608. The highest BCUT2D eigenvalue weighted by molar-refractivity contribution is 5.85. The first-order valence-electron chi connectivity index (χ1n) is 9.09. The van der Waals surface area contributed by atoms with Crippen molar-refractivity contribution in [2.24, 2.45) is 0 Å². The van der Waals surface area contributed by atoms with Gasteiger partial charge in [-0.2, -0.15) is 0 Å². The van der Waals surface area contributed by atoms with E-state index in [0.717, 1.165) is 39.0 Å². The molecule has 0 bridgehead atoms. The molecule has 0 unspecified atom stereocenters. The molecule has 2 heterocycles. The molecule has 1 aliphatic heterocycles. The lowest BCUT2D eigenvalue weighted by molar-refractivity contribution is -0.123. The number of carbonyl (C=O) groups is 2. The van der Waals surface area contributed by atoms with E-state index in [4.69, 9.17) is 5.11 Å². The Morgan fingerprint density at radius 1 is 1.12 bits per heavy atom. The van der Waals surface area contributed by atoms with Gasteiger partial charge in [-0.3, -0.25) is 9.69 Å². The van der Waals surface area contributed by atoms with Crippen LogP contribution >= 0.6 is 0 Å². The highest BCUT2D eigenvalue weighted by Crippen LogP contribution is 2.17. The molecule has 25 heavy (non-hydrogen) atoms. The highest BCUT2D eigenvalue weighted by atomic mass is 16.4. The first-order valence-corrected chi connectivity index (χ1v) is 9.09. The summed E-state index contributed by atoms with van der Waals surface area (Å²) in [5, 5.41) is 12.2. The second-order valence-corrected chi connectivity index (χ2v) is 6.85. The van der Waals surface area contributed by atoms with Gasteiger partial charge in [0.2, 0.25) is 5.91 Å². The lowest BCUT2D eigenvalue weighted by atomic mass is 9.95. The van der Waals surface area contributed by atoms with Gasteiger partial charge in [-0.05, 0) is 25.0 Å². The maximum Gasteiger partial charge on any atom is 0.354 e. The van der Waals surface area contributed by atoms with Gasteiger partial charge in [-0.15, -0.1) is 0 Å². The molecule has 7 heteroatoms. The van der Waals surface area contributed by atoms with Crippen molar-refractivity contribution in [3.05, 3.63) is 23.9 Å². The van der Waals surface area contributed by atoms with E-state index in [1.807, 2.05) is 6.07 Å². The molecular weight excluding hydrogens is 320 g/mol. The molecule has 1 saturated carbocycles. The van der Waals surface area contributed by atoms with Crippen LogP contribution in [0.25, 0.3) is 0 Å². The van der Waals surface area contributed by atoms with Crippen LogP contribution < -0.4 is 10.2 Å². The van der Waals surface area contributed by atoms with Gasteiger partial charge in [0.1, 0.15) is 5.82 Å². The van der Waals surface area contributed by atoms with Crippen LogP contribution in [0.4, 0.5) is 5.82 Å². The van der Waals surface area contributed by atoms with Crippen molar-refractivity contribution in [3.8, 4) is 0 Å². The Morgan fingerprint density at radius 2 is 1.84 bits per heavy atom. The standard InChI is InChI=1S/C18H26N4O3/c23-17(19-14-5-2-1-3-6-14)13-21-9-11-22(12-10-21)16-8-4-7-15(20-16)18(24)25/h4,7-8,14H,1-3,5-6,9-13H2,(H,19,23)(H,24,25). The van der Waals surface area contributed by atoms with E-state index in [-0.39, 0.29) is 11.6 Å². The Labute approximate surface area is 148 Å². The van der Waals surface area contributed by atoms with Crippen molar-refractivity contribution >= 4 is 17.7 Å². The molecule has 1 aliphatic carbocycles. The molecule has 1 aromatic rings. The summed E-state index contributed by atoms with van der Waals surface area (Å²) in [6.45, 7) is 3.47.